The number of rotatable bonds is 9. The van der Waals surface area contributed by atoms with Crippen LogP contribution in [0.25, 0.3) is 16.6 Å². The molecule has 1 aliphatic heterocycles. The fourth-order valence-electron chi connectivity index (χ4n) is 5.55. The molecule has 1 saturated heterocycles. The predicted molar refractivity (Wildman–Crippen MR) is 162 cm³/mol. The van der Waals surface area contributed by atoms with E-state index in [1.807, 2.05) is 13.0 Å². The highest BCUT2D eigenvalue weighted by molar-refractivity contribution is 6.12. The van der Waals surface area contributed by atoms with Crippen LogP contribution >= 0.6 is 0 Å². The molecule has 5 rings (SSSR count). The zero-order valence-corrected chi connectivity index (χ0v) is 24.1. The van der Waals surface area contributed by atoms with Gasteiger partial charge in [0.1, 0.15) is 17.4 Å². The fraction of sp³-hybridized carbons (Fsp3) is 0.273. The second-order valence-corrected chi connectivity index (χ2v) is 10.9. The van der Waals surface area contributed by atoms with Gasteiger partial charge in [0.25, 0.3) is 0 Å². The molecule has 1 aliphatic rings. The molecule has 0 radical (unpaired) electrons. The number of halogens is 2. The molecule has 0 bridgehead atoms. The van der Waals surface area contributed by atoms with Crippen molar-refractivity contribution in [2.45, 2.75) is 45.6 Å². The van der Waals surface area contributed by atoms with Gasteiger partial charge in [-0.2, -0.15) is 5.10 Å². The van der Waals surface area contributed by atoms with Gasteiger partial charge in [-0.25, -0.2) is 13.5 Å². The number of allylic oxidation sites excluding steroid dienone is 3. The van der Waals surface area contributed by atoms with E-state index in [1.165, 1.54) is 23.0 Å². The molecule has 0 saturated carbocycles. The fourth-order valence-corrected chi connectivity index (χ4v) is 5.55. The lowest BCUT2D eigenvalue weighted by Gasteiger charge is -2.34. The number of aromatic amines is 1. The number of H-pyrrole nitrogens is 1. The zero-order valence-electron chi connectivity index (χ0n) is 24.1. The SMILES string of the molecule is C=C/C(F)=C(\C=C)Oc1ccc(-n2ncc(C(=O)c3cc4cc(C5CCN(C(C)C)CC5)c(F)cc4[nH]3)c2N)c(C)c1. The molecule has 0 amide bonds. The first-order chi connectivity index (χ1) is 20.1. The minimum Gasteiger partial charge on any atom is -0.454 e. The summed E-state index contributed by atoms with van der Waals surface area (Å²) in [6, 6.07) is 10.6. The summed E-state index contributed by atoms with van der Waals surface area (Å²) >= 11 is 0. The van der Waals surface area contributed by atoms with Crippen molar-refractivity contribution in [2.24, 2.45) is 0 Å². The third-order valence-corrected chi connectivity index (χ3v) is 7.96. The first-order valence-corrected chi connectivity index (χ1v) is 14.0. The number of aryl methyl sites for hydroxylation is 1. The van der Waals surface area contributed by atoms with Crippen LogP contribution in [-0.2, 0) is 0 Å². The number of nitrogens with zero attached hydrogens (tertiary/aromatic N) is 3. The maximum atomic E-state index is 15.2. The van der Waals surface area contributed by atoms with E-state index in [-0.39, 0.29) is 34.7 Å². The Hall–Kier alpha value is -4.50. The maximum Gasteiger partial charge on any atom is 0.214 e. The number of ether oxygens (including phenoxy) is 1. The highest BCUT2D eigenvalue weighted by Crippen LogP contribution is 2.34. The number of fused-ring (bicyclic) bond motifs is 1. The lowest BCUT2D eigenvalue weighted by molar-refractivity contribution is 0.103. The minimum absolute atomic E-state index is 0.0505. The summed E-state index contributed by atoms with van der Waals surface area (Å²) in [5, 5.41) is 5.13. The first-order valence-electron chi connectivity index (χ1n) is 14.0. The van der Waals surface area contributed by atoms with E-state index in [1.54, 1.807) is 24.3 Å². The van der Waals surface area contributed by atoms with Gasteiger partial charge in [0.2, 0.25) is 5.78 Å². The largest absolute Gasteiger partial charge is 0.454 e. The number of nitrogens with two attached hydrogens (primary N) is 1. The number of piperidine rings is 1. The monoisotopic (exact) mass is 571 g/mol. The molecule has 0 spiro atoms. The Balaban J connectivity index is 1.38. The molecule has 42 heavy (non-hydrogen) atoms. The first kappa shape index (κ1) is 29.0. The van der Waals surface area contributed by atoms with Gasteiger partial charge in [0.05, 0.1) is 23.1 Å². The third kappa shape index (κ3) is 5.52. The smallest absolute Gasteiger partial charge is 0.214 e. The maximum absolute atomic E-state index is 15.2. The van der Waals surface area contributed by atoms with Crippen molar-refractivity contribution >= 4 is 22.5 Å². The Morgan fingerprint density at radius 1 is 1.17 bits per heavy atom. The van der Waals surface area contributed by atoms with Gasteiger partial charge in [-0.15, -0.1) is 0 Å². The molecular weight excluding hydrogens is 536 g/mol. The number of likely N-dealkylation sites (tertiary alicyclic amines) is 1. The van der Waals surface area contributed by atoms with E-state index in [4.69, 9.17) is 10.5 Å². The highest BCUT2D eigenvalue weighted by Gasteiger charge is 2.26. The molecule has 9 heteroatoms. The van der Waals surface area contributed by atoms with Crippen LogP contribution in [0.1, 0.15) is 59.8 Å². The molecule has 218 valence electrons. The zero-order chi connectivity index (χ0) is 30.1. The number of anilines is 1. The predicted octanol–water partition coefficient (Wildman–Crippen LogP) is 7.13. The number of ketones is 1. The summed E-state index contributed by atoms with van der Waals surface area (Å²) in [5.41, 5.74) is 9.53. The summed E-state index contributed by atoms with van der Waals surface area (Å²) < 4.78 is 36.1. The Labute approximate surface area is 244 Å². The van der Waals surface area contributed by atoms with E-state index in [0.29, 0.717) is 34.3 Å². The van der Waals surface area contributed by atoms with Gasteiger partial charge in [-0.05, 0) is 112 Å². The normalized spacial score (nSPS) is 15.2. The Kier molecular flexibility index (Phi) is 8.13. The quantitative estimate of drug-likeness (QED) is 0.127. The average molecular weight is 572 g/mol. The molecule has 4 aromatic rings. The van der Waals surface area contributed by atoms with E-state index in [0.717, 1.165) is 43.0 Å². The summed E-state index contributed by atoms with van der Waals surface area (Å²) in [6.45, 7) is 15.0. The lowest BCUT2D eigenvalue weighted by Crippen LogP contribution is -2.37. The van der Waals surface area contributed by atoms with E-state index in [9.17, 15) is 9.18 Å². The van der Waals surface area contributed by atoms with Gasteiger partial charge >= 0.3 is 0 Å². The number of hydrogen-bond acceptors (Lipinski definition) is 5. The van der Waals surface area contributed by atoms with Gasteiger partial charge in [-0.3, -0.25) is 4.79 Å². The molecule has 0 aliphatic carbocycles. The molecule has 2 aromatic heterocycles. The van der Waals surface area contributed by atoms with Crippen LogP contribution in [0.2, 0.25) is 0 Å². The number of hydrogen-bond donors (Lipinski definition) is 2. The average Bonchev–Trinajstić information content (AvgIpc) is 3.57. The molecule has 2 aromatic carbocycles. The number of nitrogens with one attached hydrogen (secondary N) is 1. The van der Waals surface area contributed by atoms with Gasteiger partial charge in [-0.1, -0.05) is 13.2 Å². The standard InChI is InChI=1S/C33H35F2N5O2/c1-6-26(34)31(7-2)42-23-8-9-30(20(5)14-23)40-33(36)25(18-37-40)32(41)29-16-22-15-24(27(35)17-28(22)38-29)21-10-12-39(13-11-21)19(3)4/h6-9,14-19,21,38H,1-2,10-13,36H2,3-5H3/b31-26-. The summed E-state index contributed by atoms with van der Waals surface area (Å²) in [4.78, 5) is 19.0. The molecular formula is C33H35F2N5O2. The third-order valence-electron chi connectivity index (χ3n) is 7.96. The van der Waals surface area contributed by atoms with E-state index < -0.39 is 5.83 Å². The van der Waals surface area contributed by atoms with Crippen LogP contribution in [0.3, 0.4) is 0 Å². The van der Waals surface area contributed by atoms with Crippen LogP contribution < -0.4 is 10.5 Å². The van der Waals surface area contributed by atoms with Crippen LogP contribution in [0.5, 0.6) is 5.75 Å². The van der Waals surface area contributed by atoms with Crippen LogP contribution in [0.4, 0.5) is 14.6 Å². The molecule has 3 heterocycles. The Morgan fingerprint density at radius 3 is 2.55 bits per heavy atom. The summed E-state index contributed by atoms with van der Waals surface area (Å²) in [5.74, 6) is -0.596. The van der Waals surface area contributed by atoms with Crippen molar-refractivity contribution in [1.82, 2.24) is 19.7 Å². The number of aromatic nitrogens is 3. The number of nitrogen functional groups attached to an aromatic ring is 1. The van der Waals surface area contributed by atoms with E-state index >= 15 is 4.39 Å². The Morgan fingerprint density at radius 2 is 1.90 bits per heavy atom. The molecule has 1 fully saturated rings. The van der Waals surface area contributed by atoms with E-state index in [2.05, 4.69) is 42.0 Å². The highest BCUT2D eigenvalue weighted by atomic mass is 19.1. The molecule has 0 atom stereocenters. The summed E-state index contributed by atoms with van der Waals surface area (Å²) in [6.07, 6.45) is 5.52. The van der Waals surface area contributed by atoms with Gasteiger partial charge in [0, 0.05) is 16.9 Å². The number of carbonyl (C=O) groups excluding carboxylic acids is 1. The van der Waals surface area contributed by atoms with Crippen molar-refractivity contribution in [3.05, 3.63) is 108 Å². The topological polar surface area (TPSA) is 89.2 Å². The van der Waals surface area contributed by atoms with Crippen molar-refractivity contribution in [1.29, 1.82) is 0 Å². The molecule has 0 unspecified atom stereocenters. The van der Waals surface area contributed by atoms with Crippen molar-refractivity contribution in [3.8, 4) is 11.4 Å². The van der Waals surface area contributed by atoms with Crippen LogP contribution in [-0.4, -0.2) is 44.6 Å². The van der Waals surface area contributed by atoms with Crippen molar-refractivity contribution < 1.29 is 18.3 Å². The van der Waals surface area contributed by atoms with Crippen LogP contribution in [0, 0.1) is 12.7 Å². The second-order valence-electron chi connectivity index (χ2n) is 10.9. The van der Waals surface area contributed by atoms with Crippen molar-refractivity contribution in [2.75, 3.05) is 18.8 Å². The lowest BCUT2D eigenvalue weighted by atomic mass is 9.88. The summed E-state index contributed by atoms with van der Waals surface area (Å²) in [7, 11) is 0. The van der Waals surface area contributed by atoms with Crippen molar-refractivity contribution in [3.63, 3.8) is 0 Å². The number of carbonyl (C=O) groups is 1. The van der Waals surface area contributed by atoms with Gasteiger partial charge in [0.15, 0.2) is 11.6 Å². The molecule has 3 N–H and O–H groups in total. The number of benzene rings is 2. The second kappa shape index (κ2) is 11.8. The minimum atomic E-state index is -0.630. The Bertz CT molecular complexity index is 1710. The van der Waals surface area contributed by atoms with Crippen LogP contribution in [0.15, 0.2) is 79.5 Å². The molecule has 7 nitrogen and oxygen atoms in total. The van der Waals surface area contributed by atoms with Gasteiger partial charge < -0.3 is 20.4 Å².